The van der Waals surface area contributed by atoms with Crippen molar-refractivity contribution in [1.29, 1.82) is 0 Å². The van der Waals surface area contributed by atoms with Gasteiger partial charge in [0.2, 0.25) is 0 Å². The molecule has 0 amide bonds. The van der Waals surface area contributed by atoms with E-state index in [0.717, 1.165) is 48.5 Å². The zero-order valence-corrected chi connectivity index (χ0v) is 15.0. The number of rotatable bonds is 5. The molecule has 0 unspecified atom stereocenters. The Morgan fingerprint density at radius 2 is 1.68 bits per heavy atom. The van der Waals surface area contributed by atoms with Crippen molar-refractivity contribution < 1.29 is 18.7 Å². The third-order valence-corrected chi connectivity index (χ3v) is 5.48. The number of ether oxygens (including phenoxy) is 1. The van der Waals surface area contributed by atoms with Gasteiger partial charge in [-0.15, -0.1) is 0 Å². The van der Waals surface area contributed by atoms with E-state index in [1.165, 1.54) is 12.1 Å². The fourth-order valence-electron chi connectivity index (χ4n) is 3.69. The summed E-state index contributed by atoms with van der Waals surface area (Å²) >= 11 is 0. The van der Waals surface area contributed by atoms with Crippen LogP contribution < -0.4 is 0 Å². The standard InChI is InChI=1S/C21H27FNO2/c1-21(24,18-8-10-19(22)11-9-18)20(17-6-4-3-5-7-17)16-23(2)12-14-25-15-13-23/h3-11,20,24H,12-16H2,1-2H3/q+1/t20-,21-/m1/s1. The maximum atomic E-state index is 13.3. The Hall–Kier alpha value is -1.75. The number of likely N-dealkylation sites (N-methyl/N-ethyl adjacent to an activating group) is 1. The number of halogens is 1. The summed E-state index contributed by atoms with van der Waals surface area (Å²) in [4.78, 5) is 0. The van der Waals surface area contributed by atoms with E-state index < -0.39 is 5.60 Å². The predicted molar refractivity (Wildman–Crippen MR) is 96.8 cm³/mol. The average molecular weight is 344 g/mol. The molecule has 25 heavy (non-hydrogen) atoms. The second kappa shape index (κ2) is 7.24. The van der Waals surface area contributed by atoms with Crippen molar-refractivity contribution in [2.75, 3.05) is 39.9 Å². The first-order chi connectivity index (χ1) is 11.9. The van der Waals surface area contributed by atoms with E-state index in [9.17, 15) is 9.50 Å². The predicted octanol–water partition coefficient (Wildman–Crippen LogP) is 3.29. The van der Waals surface area contributed by atoms with Gasteiger partial charge in [-0.1, -0.05) is 42.5 Å². The number of hydrogen-bond donors (Lipinski definition) is 1. The molecule has 2 aromatic carbocycles. The highest BCUT2D eigenvalue weighted by Crippen LogP contribution is 2.38. The minimum Gasteiger partial charge on any atom is -0.385 e. The third kappa shape index (κ3) is 4.09. The molecule has 3 rings (SSSR count). The largest absolute Gasteiger partial charge is 0.385 e. The Bertz CT molecular complexity index is 679. The van der Waals surface area contributed by atoms with Crippen molar-refractivity contribution in [1.82, 2.24) is 0 Å². The van der Waals surface area contributed by atoms with E-state index in [1.807, 2.05) is 25.1 Å². The summed E-state index contributed by atoms with van der Waals surface area (Å²) in [6.45, 7) is 6.00. The van der Waals surface area contributed by atoms with Crippen molar-refractivity contribution >= 4 is 0 Å². The highest BCUT2D eigenvalue weighted by molar-refractivity contribution is 5.31. The van der Waals surface area contributed by atoms with Crippen LogP contribution >= 0.6 is 0 Å². The Labute approximate surface area is 149 Å². The van der Waals surface area contributed by atoms with Gasteiger partial charge in [-0.2, -0.15) is 0 Å². The summed E-state index contributed by atoms with van der Waals surface area (Å²) in [6.07, 6.45) is 0. The van der Waals surface area contributed by atoms with Crippen LogP contribution in [0.15, 0.2) is 54.6 Å². The van der Waals surface area contributed by atoms with Gasteiger partial charge in [0.15, 0.2) is 0 Å². The first-order valence-corrected chi connectivity index (χ1v) is 8.85. The molecule has 1 N–H and O–H groups in total. The molecular formula is C21H27FNO2+. The second-order valence-corrected chi connectivity index (χ2v) is 7.48. The van der Waals surface area contributed by atoms with Crippen LogP contribution in [-0.4, -0.2) is 49.5 Å². The van der Waals surface area contributed by atoms with Gasteiger partial charge in [0.1, 0.15) is 18.9 Å². The molecule has 134 valence electrons. The summed E-state index contributed by atoms with van der Waals surface area (Å²) < 4.78 is 19.7. The Balaban J connectivity index is 1.96. The molecule has 0 radical (unpaired) electrons. The molecule has 0 aliphatic carbocycles. The topological polar surface area (TPSA) is 29.5 Å². The van der Waals surface area contributed by atoms with Gasteiger partial charge in [0.25, 0.3) is 0 Å². The Morgan fingerprint density at radius 3 is 2.28 bits per heavy atom. The lowest BCUT2D eigenvalue weighted by Crippen LogP contribution is -2.55. The molecule has 2 atom stereocenters. The van der Waals surface area contributed by atoms with Gasteiger partial charge in [-0.05, 0) is 30.2 Å². The van der Waals surface area contributed by atoms with E-state index in [1.54, 1.807) is 12.1 Å². The van der Waals surface area contributed by atoms with E-state index >= 15 is 0 Å². The lowest BCUT2D eigenvalue weighted by Gasteiger charge is -2.43. The smallest absolute Gasteiger partial charge is 0.123 e. The Kier molecular flexibility index (Phi) is 5.23. The molecule has 1 fully saturated rings. The minimum absolute atomic E-state index is 0.0951. The van der Waals surface area contributed by atoms with Crippen LogP contribution in [0.25, 0.3) is 0 Å². The highest BCUT2D eigenvalue weighted by atomic mass is 19.1. The van der Waals surface area contributed by atoms with Crippen LogP contribution in [-0.2, 0) is 10.3 Å². The number of morpholine rings is 1. The summed E-state index contributed by atoms with van der Waals surface area (Å²) in [5.41, 5.74) is 0.750. The minimum atomic E-state index is -1.09. The Morgan fingerprint density at radius 1 is 1.08 bits per heavy atom. The van der Waals surface area contributed by atoms with E-state index in [0.29, 0.717) is 0 Å². The van der Waals surface area contributed by atoms with Crippen LogP contribution in [0.1, 0.15) is 24.0 Å². The van der Waals surface area contributed by atoms with Crippen LogP contribution in [0.3, 0.4) is 0 Å². The SMILES string of the molecule is C[C@@](O)(c1ccc(F)cc1)[C@H](C[N+]1(C)CCOCC1)c1ccccc1. The first kappa shape index (κ1) is 18.1. The van der Waals surface area contributed by atoms with Gasteiger partial charge < -0.3 is 14.3 Å². The maximum absolute atomic E-state index is 13.3. The molecule has 0 bridgehead atoms. The molecule has 1 saturated heterocycles. The summed E-state index contributed by atoms with van der Waals surface area (Å²) in [5.74, 6) is -0.384. The van der Waals surface area contributed by atoms with Gasteiger partial charge in [0, 0.05) is 0 Å². The average Bonchev–Trinajstić information content (AvgIpc) is 2.61. The van der Waals surface area contributed by atoms with Crippen molar-refractivity contribution in [3.63, 3.8) is 0 Å². The molecule has 0 aromatic heterocycles. The van der Waals surface area contributed by atoms with Gasteiger partial charge >= 0.3 is 0 Å². The number of benzene rings is 2. The lowest BCUT2D eigenvalue weighted by atomic mass is 9.78. The fourth-order valence-corrected chi connectivity index (χ4v) is 3.69. The van der Waals surface area contributed by atoms with E-state index in [2.05, 4.69) is 19.2 Å². The molecular weight excluding hydrogens is 317 g/mol. The van der Waals surface area contributed by atoms with Crippen molar-refractivity contribution in [2.45, 2.75) is 18.4 Å². The molecule has 0 spiro atoms. The molecule has 1 aliphatic rings. The fraction of sp³-hybridized carbons (Fsp3) is 0.429. The quantitative estimate of drug-likeness (QED) is 0.844. The summed E-state index contributed by atoms with van der Waals surface area (Å²) in [7, 11) is 2.22. The first-order valence-electron chi connectivity index (χ1n) is 8.85. The molecule has 0 saturated carbocycles. The maximum Gasteiger partial charge on any atom is 0.123 e. The van der Waals surface area contributed by atoms with Crippen molar-refractivity contribution in [3.05, 3.63) is 71.5 Å². The molecule has 4 heteroatoms. The monoisotopic (exact) mass is 344 g/mol. The van der Waals surface area contributed by atoms with Crippen molar-refractivity contribution in [2.24, 2.45) is 0 Å². The molecule has 1 heterocycles. The molecule has 3 nitrogen and oxygen atoms in total. The summed E-state index contributed by atoms with van der Waals surface area (Å²) in [6, 6.07) is 16.3. The zero-order valence-electron chi connectivity index (χ0n) is 15.0. The molecule has 2 aromatic rings. The van der Waals surface area contributed by atoms with Crippen LogP contribution in [0.2, 0.25) is 0 Å². The van der Waals surface area contributed by atoms with Gasteiger partial charge in [-0.3, -0.25) is 0 Å². The van der Waals surface area contributed by atoms with Crippen LogP contribution in [0.5, 0.6) is 0 Å². The number of nitrogens with zero attached hydrogens (tertiary/aromatic N) is 1. The lowest BCUT2D eigenvalue weighted by molar-refractivity contribution is -0.919. The van der Waals surface area contributed by atoms with Gasteiger partial charge in [0.05, 0.1) is 38.3 Å². The number of aliphatic hydroxyl groups is 1. The zero-order chi connectivity index (χ0) is 17.9. The third-order valence-electron chi connectivity index (χ3n) is 5.48. The van der Waals surface area contributed by atoms with Crippen LogP contribution in [0.4, 0.5) is 4.39 Å². The van der Waals surface area contributed by atoms with E-state index in [4.69, 9.17) is 4.74 Å². The van der Waals surface area contributed by atoms with E-state index in [-0.39, 0.29) is 11.7 Å². The summed E-state index contributed by atoms with van der Waals surface area (Å²) in [5, 5.41) is 11.5. The second-order valence-electron chi connectivity index (χ2n) is 7.48. The number of hydrogen-bond acceptors (Lipinski definition) is 2. The normalized spacial score (nSPS) is 20.6. The highest BCUT2D eigenvalue weighted by Gasteiger charge is 2.41. The molecule has 1 aliphatic heterocycles. The van der Waals surface area contributed by atoms with Gasteiger partial charge in [-0.25, -0.2) is 4.39 Å². The van der Waals surface area contributed by atoms with Crippen molar-refractivity contribution in [3.8, 4) is 0 Å². The van der Waals surface area contributed by atoms with Crippen LogP contribution in [0, 0.1) is 5.82 Å². The number of quaternary nitrogens is 1.